The first kappa shape index (κ1) is 16.9. The van der Waals surface area contributed by atoms with Crippen LogP contribution in [0.2, 0.25) is 0 Å². The molecule has 130 valence electrons. The molecule has 3 rings (SSSR count). The molecule has 1 atom stereocenters. The summed E-state index contributed by atoms with van der Waals surface area (Å²) in [5.41, 5.74) is 4.69. The Morgan fingerprint density at radius 3 is 2.68 bits per heavy atom. The van der Waals surface area contributed by atoms with E-state index in [0.717, 1.165) is 12.8 Å². The quantitative estimate of drug-likeness (QED) is 0.652. The molecule has 0 spiro atoms. The Bertz CT molecular complexity index is 901. The summed E-state index contributed by atoms with van der Waals surface area (Å²) in [4.78, 5) is 36.7. The highest BCUT2D eigenvalue weighted by Gasteiger charge is 2.18. The molecule has 0 fully saturated rings. The van der Waals surface area contributed by atoms with E-state index in [2.05, 4.69) is 22.0 Å². The molecular formula is C18H20N4O3. The van der Waals surface area contributed by atoms with E-state index in [1.807, 2.05) is 6.08 Å². The van der Waals surface area contributed by atoms with Crippen LogP contribution in [0.3, 0.4) is 0 Å². The average Bonchev–Trinajstić information content (AvgIpc) is 3.13. The number of nitrogens with zero attached hydrogens (tertiary/aromatic N) is 2. The molecule has 1 aromatic heterocycles. The number of hydrogen-bond donors (Lipinski definition) is 2. The molecule has 25 heavy (non-hydrogen) atoms. The number of hydrazine groups is 1. The summed E-state index contributed by atoms with van der Waals surface area (Å²) in [5.74, 6) is -0.579. The number of fused-ring (bicyclic) bond motifs is 1. The lowest BCUT2D eigenvalue weighted by atomic mass is 10.1. The van der Waals surface area contributed by atoms with Gasteiger partial charge in [0.2, 0.25) is 5.91 Å². The van der Waals surface area contributed by atoms with Gasteiger partial charge in [-0.15, -0.1) is 0 Å². The molecule has 0 unspecified atom stereocenters. The van der Waals surface area contributed by atoms with Crippen molar-refractivity contribution >= 4 is 22.6 Å². The predicted octanol–water partition coefficient (Wildman–Crippen LogP) is 1.53. The van der Waals surface area contributed by atoms with Crippen LogP contribution in [0.15, 0.2) is 41.2 Å². The normalized spacial score (nSPS) is 16.1. The Balaban J connectivity index is 1.77. The second kappa shape index (κ2) is 7.29. The van der Waals surface area contributed by atoms with Gasteiger partial charge in [0, 0.05) is 18.4 Å². The molecule has 1 aliphatic carbocycles. The van der Waals surface area contributed by atoms with E-state index >= 15 is 0 Å². The van der Waals surface area contributed by atoms with Crippen LogP contribution in [0.5, 0.6) is 0 Å². The minimum absolute atomic E-state index is 0.109. The maximum absolute atomic E-state index is 12.5. The zero-order chi connectivity index (χ0) is 17.8. The number of carbonyl (C=O) groups is 2. The van der Waals surface area contributed by atoms with Crippen LogP contribution in [0.25, 0.3) is 10.8 Å². The van der Waals surface area contributed by atoms with Crippen molar-refractivity contribution in [2.75, 3.05) is 0 Å². The molecule has 1 aliphatic rings. The fourth-order valence-corrected chi connectivity index (χ4v) is 2.96. The minimum atomic E-state index is -0.547. The lowest BCUT2D eigenvalue weighted by Gasteiger charge is -2.12. The number of amides is 2. The van der Waals surface area contributed by atoms with Gasteiger partial charge in [-0.25, -0.2) is 4.68 Å². The van der Waals surface area contributed by atoms with Crippen LogP contribution in [-0.2, 0) is 11.3 Å². The van der Waals surface area contributed by atoms with Gasteiger partial charge in [0.1, 0.15) is 0 Å². The Morgan fingerprint density at radius 1 is 1.24 bits per heavy atom. The lowest BCUT2D eigenvalue weighted by Crippen LogP contribution is -2.43. The summed E-state index contributed by atoms with van der Waals surface area (Å²) in [6.07, 6.45) is 6.35. The van der Waals surface area contributed by atoms with Crippen molar-refractivity contribution < 1.29 is 9.59 Å². The van der Waals surface area contributed by atoms with Crippen LogP contribution >= 0.6 is 0 Å². The molecule has 0 radical (unpaired) electrons. The van der Waals surface area contributed by atoms with E-state index in [-0.39, 0.29) is 23.1 Å². The zero-order valence-corrected chi connectivity index (χ0v) is 14.0. The lowest BCUT2D eigenvalue weighted by molar-refractivity contribution is -0.122. The van der Waals surface area contributed by atoms with Gasteiger partial charge >= 0.3 is 0 Å². The number of carbonyl (C=O) groups excluding carboxylic acids is 2. The third-order valence-corrected chi connectivity index (χ3v) is 4.26. The summed E-state index contributed by atoms with van der Waals surface area (Å²) in [6.45, 7) is 2.13. The number of allylic oxidation sites excluding steroid dienone is 2. The van der Waals surface area contributed by atoms with Gasteiger partial charge in [-0.1, -0.05) is 30.4 Å². The standard InChI is InChI=1S/C18H20N4O3/c1-2-22-18(25)14-10-6-5-9-13(14)16(21-22)17(24)20-19-15(23)11-12-7-3-4-8-12/h3,5-7,9-10,12H,2,4,8,11H2,1H3,(H,19,23)(H,20,24)/t12-/m1/s1. The summed E-state index contributed by atoms with van der Waals surface area (Å²) >= 11 is 0. The van der Waals surface area contributed by atoms with Gasteiger partial charge in [0.15, 0.2) is 5.69 Å². The summed E-state index contributed by atoms with van der Waals surface area (Å²) in [7, 11) is 0. The highest BCUT2D eigenvalue weighted by molar-refractivity contribution is 6.05. The van der Waals surface area contributed by atoms with Crippen molar-refractivity contribution in [1.82, 2.24) is 20.6 Å². The van der Waals surface area contributed by atoms with Gasteiger partial charge in [-0.2, -0.15) is 5.10 Å². The highest BCUT2D eigenvalue weighted by Crippen LogP contribution is 2.19. The van der Waals surface area contributed by atoms with Crippen molar-refractivity contribution in [3.05, 3.63) is 52.5 Å². The van der Waals surface area contributed by atoms with Gasteiger partial charge < -0.3 is 0 Å². The topological polar surface area (TPSA) is 93.1 Å². The van der Waals surface area contributed by atoms with Gasteiger partial charge in [-0.3, -0.25) is 25.2 Å². The SMILES string of the molecule is CCn1nc(C(=O)NNC(=O)C[C@@H]2C=CCC2)c2ccccc2c1=O. The summed E-state index contributed by atoms with van der Waals surface area (Å²) in [6, 6.07) is 6.81. The number of nitrogens with one attached hydrogen (secondary N) is 2. The van der Waals surface area contributed by atoms with Crippen molar-refractivity contribution in [2.45, 2.75) is 32.7 Å². The molecule has 7 nitrogen and oxygen atoms in total. The first-order valence-electron chi connectivity index (χ1n) is 8.36. The van der Waals surface area contributed by atoms with Crippen molar-refractivity contribution in [3.8, 4) is 0 Å². The molecule has 0 saturated carbocycles. The molecule has 0 aliphatic heterocycles. The molecule has 1 aromatic carbocycles. The van der Waals surface area contributed by atoms with Crippen LogP contribution in [-0.4, -0.2) is 21.6 Å². The van der Waals surface area contributed by atoms with Crippen LogP contribution < -0.4 is 16.4 Å². The number of aryl methyl sites for hydroxylation is 1. The van der Waals surface area contributed by atoms with Gasteiger partial charge in [0.05, 0.1) is 5.39 Å². The highest BCUT2D eigenvalue weighted by atomic mass is 16.2. The second-order valence-corrected chi connectivity index (χ2v) is 5.99. The molecule has 2 amide bonds. The van der Waals surface area contributed by atoms with E-state index in [1.54, 1.807) is 31.2 Å². The van der Waals surface area contributed by atoms with Crippen molar-refractivity contribution in [1.29, 1.82) is 0 Å². The second-order valence-electron chi connectivity index (χ2n) is 5.99. The Kier molecular flexibility index (Phi) is 4.92. The number of benzene rings is 1. The number of hydrogen-bond acceptors (Lipinski definition) is 4. The molecule has 0 saturated heterocycles. The first-order valence-corrected chi connectivity index (χ1v) is 8.36. The van der Waals surface area contributed by atoms with Crippen LogP contribution in [0, 0.1) is 5.92 Å². The molecule has 0 bridgehead atoms. The van der Waals surface area contributed by atoms with E-state index < -0.39 is 5.91 Å². The summed E-state index contributed by atoms with van der Waals surface area (Å²) < 4.78 is 1.24. The van der Waals surface area contributed by atoms with E-state index in [4.69, 9.17) is 0 Å². The van der Waals surface area contributed by atoms with Gasteiger partial charge in [-0.05, 0) is 31.7 Å². The first-order chi connectivity index (χ1) is 12.1. The van der Waals surface area contributed by atoms with Gasteiger partial charge in [0.25, 0.3) is 11.5 Å². The molecular weight excluding hydrogens is 320 g/mol. The Hall–Kier alpha value is -2.96. The van der Waals surface area contributed by atoms with E-state index in [9.17, 15) is 14.4 Å². The fourth-order valence-electron chi connectivity index (χ4n) is 2.96. The Morgan fingerprint density at radius 2 is 2.00 bits per heavy atom. The van der Waals surface area contributed by atoms with Crippen molar-refractivity contribution in [3.63, 3.8) is 0 Å². The largest absolute Gasteiger partial charge is 0.290 e. The minimum Gasteiger partial charge on any atom is -0.273 e. The van der Waals surface area contributed by atoms with E-state index in [1.165, 1.54) is 4.68 Å². The molecule has 2 aromatic rings. The third-order valence-electron chi connectivity index (χ3n) is 4.26. The third kappa shape index (κ3) is 3.60. The average molecular weight is 340 g/mol. The fraction of sp³-hybridized carbons (Fsp3) is 0.333. The monoisotopic (exact) mass is 340 g/mol. The molecule has 2 N–H and O–H groups in total. The summed E-state index contributed by atoms with van der Waals surface area (Å²) in [5, 5.41) is 5.01. The molecule has 7 heteroatoms. The maximum atomic E-state index is 12.5. The van der Waals surface area contributed by atoms with E-state index in [0.29, 0.717) is 23.7 Å². The maximum Gasteiger partial charge on any atom is 0.290 e. The van der Waals surface area contributed by atoms with Crippen molar-refractivity contribution in [2.24, 2.45) is 5.92 Å². The predicted molar refractivity (Wildman–Crippen MR) is 93.8 cm³/mol. The number of aromatic nitrogens is 2. The zero-order valence-electron chi connectivity index (χ0n) is 14.0. The van der Waals surface area contributed by atoms with Crippen LogP contribution in [0.1, 0.15) is 36.7 Å². The molecule has 1 heterocycles. The Labute approximate surface area is 144 Å². The number of rotatable bonds is 4. The smallest absolute Gasteiger partial charge is 0.273 e. The van der Waals surface area contributed by atoms with Crippen LogP contribution in [0.4, 0.5) is 0 Å².